The average Bonchev–Trinajstić information content (AvgIpc) is 2.64. The summed E-state index contributed by atoms with van der Waals surface area (Å²) in [5, 5.41) is 2.89. The Morgan fingerprint density at radius 1 is 1.15 bits per heavy atom. The molecule has 144 valence electrons. The molecule has 2 rings (SSSR count). The van der Waals surface area contributed by atoms with Crippen LogP contribution in [-0.2, 0) is 9.59 Å². The molecule has 2 amide bonds. The number of carbonyl (C=O) groups is 2. The second kappa shape index (κ2) is 8.92. The summed E-state index contributed by atoms with van der Waals surface area (Å²) in [5.41, 5.74) is 0.738. The Labute approximate surface area is 156 Å². The predicted molar refractivity (Wildman–Crippen MR) is 103 cm³/mol. The van der Waals surface area contributed by atoms with E-state index in [0.717, 1.165) is 37.6 Å². The second-order valence-corrected chi connectivity index (χ2v) is 7.68. The topological polar surface area (TPSA) is 61.9 Å². The van der Waals surface area contributed by atoms with Gasteiger partial charge >= 0.3 is 0 Å². The molecule has 6 heteroatoms. The Morgan fingerprint density at radius 2 is 1.85 bits per heavy atom. The number of piperazine rings is 1. The number of amides is 2. The van der Waals surface area contributed by atoms with Crippen LogP contribution in [0.5, 0.6) is 5.75 Å². The molecule has 0 aromatic heterocycles. The van der Waals surface area contributed by atoms with Gasteiger partial charge in [-0.05, 0) is 18.6 Å². The molecule has 1 aliphatic heterocycles. The van der Waals surface area contributed by atoms with Gasteiger partial charge < -0.3 is 19.9 Å². The molecule has 0 saturated carbocycles. The van der Waals surface area contributed by atoms with Crippen LogP contribution in [0.25, 0.3) is 0 Å². The van der Waals surface area contributed by atoms with Crippen LogP contribution < -0.4 is 15.0 Å². The van der Waals surface area contributed by atoms with Crippen LogP contribution in [0, 0.1) is 5.41 Å². The second-order valence-electron chi connectivity index (χ2n) is 7.68. The maximum absolute atomic E-state index is 12.4. The molecule has 0 radical (unpaired) electrons. The average molecular weight is 361 g/mol. The zero-order chi connectivity index (χ0) is 19.2. The smallest absolute Gasteiger partial charge is 0.225 e. The monoisotopic (exact) mass is 361 g/mol. The number of rotatable bonds is 6. The largest absolute Gasteiger partial charge is 0.497 e. The lowest BCUT2D eigenvalue weighted by atomic mass is 9.96. The lowest BCUT2D eigenvalue weighted by molar-refractivity contribution is -0.132. The SMILES string of the molecule is COc1cccc(N2CCN(C(=O)CCCNC(=O)C(C)(C)C)CC2)c1. The molecule has 0 atom stereocenters. The number of methoxy groups -OCH3 is 1. The van der Waals surface area contributed by atoms with Crippen LogP contribution in [0.2, 0.25) is 0 Å². The first-order valence-electron chi connectivity index (χ1n) is 9.26. The Morgan fingerprint density at radius 3 is 2.46 bits per heavy atom. The van der Waals surface area contributed by atoms with Gasteiger partial charge in [0.05, 0.1) is 7.11 Å². The van der Waals surface area contributed by atoms with Gasteiger partial charge in [-0.3, -0.25) is 9.59 Å². The first kappa shape index (κ1) is 20.1. The normalized spacial score (nSPS) is 14.9. The first-order valence-corrected chi connectivity index (χ1v) is 9.26. The molecule has 1 aromatic carbocycles. The molecule has 1 fully saturated rings. The van der Waals surface area contributed by atoms with Crippen LogP contribution in [0.1, 0.15) is 33.6 Å². The number of nitrogens with zero attached hydrogens (tertiary/aromatic N) is 2. The lowest BCUT2D eigenvalue weighted by Gasteiger charge is -2.36. The summed E-state index contributed by atoms with van der Waals surface area (Å²) in [4.78, 5) is 28.4. The molecular formula is C20H31N3O3. The molecule has 26 heavy (non-hydrogen) atoms. The van der Waals surface area contributed by atoms with Gasteiger partial charge in [0.1, 0.15) is 5.75 Å². The Balaban J connectivity index is 1.72. The summed E-state index contributed by atoms with van der Waals surface area (Å²) >= 11 is 0. The van der Waals surface area contributed by atoms with Gasteiger partial charge in [0.25, 0.3) is 0 Å². The molecule has 6 nitrogen and oxygen atoms in total. The highest BCUT2D eigenvalue weighted by molar-refractivity contribution is 5.81. The Kier molecular flexibility index (Phi) is 6.89. The lowest BCUT2D eigenvalue weighted by Crippen LogP contribution is -2.48. The van der Waals surface area contributed by atoms with Gasteiger partial charge in [-0.15, -0.1) is 0 Å². The molecule has 1 heterocycles. The van der Waals surface area contributed by atoms with Gasteiger partial charge in [0.2, 0.25) is 11.8 Å². The van der Waals surface area contributed by atoms with Crippen molar-refractivity contribution in [2.24, 2.45) is 5.41 Å². The van der Waals surface area contributed by atoms with E-state index in [1.807, 2.05) is 43.9 Å². The van der Waals surface area contributed by atoms with Crippen LogP contribution >= 0.6 is 0 Å². The maximum atomic E-state index is 12.4. The zero-order valence-electron chi connectivity index (χ0n) is 16.4. The molecule has 1 saturated heterocycles. The van der Waals surface area contributed by atoms with Gasteiger partial charge in [-0.2, -0.15) is 0 Å². The van der Waals surface area contributed by atoms with Crippen LogP contribution in [-0.4, -0.2) is 56.5 Å². The van der Waals surface area contributed by atoms with Crippen LogP contribution in [0.3, 0.4) is 0 Å². The maximum Gasteiger partial charge on any atom is 0.225 e. The third-order valence-electron chi connectivity index (χ3n) is 4.59. The fraction of sp³-hybridized carbons (Fsp3) is 0.600. The van der Waals surface area contributed by atoms with Crippen molar-refractivity contribution in [1.29, 1.82) is 0 Å². The summed E-state index contributed by atoms with van der Waals surface area (Å²) in [7, 11) is 1.67. The first-order chi connectivity index (χ1) is 12.3. The van der Waals surface area contributed by atoms with E-state index in [9.17, 15) is 9.59 Å². The number of carbonyl (C=O) groups excluding carboxylic acids is 2. The minimum Gasteiger partial charge on any atom is -0.497 e. The summed E-state index contributed by atoms with van der Waals surface area (Å²) in [6, 6.07) is 8.01. The zero-order valence-corrected chi connectivity index (χ0v) is 16.4. The van der Waals surface area contributed by atoms with Gasteiger partial charge in [-0.1, -0.05) is 26.8 Å². The van der Waals surface area contributed by atoms with E-state index in [4.69, 9.17) is 4.74 Å². The van der Waals surface area contributed by atoms with Crippen molar-refractivity contribution < 1.29 is 14.3 Å². The molecule has 1 aromatic rings. The number of anilines is 1. The van der Waals surface area contributed by atoms with Crippen molar-refractivity contribution in [2.45, 2.75) is 33.6 Å². The number of ether oxygens (including phenoxy) is 1. The Hall–Kier alpha value is -2.24. The summed E-state index contributed by atoms with van der Waals surface area (Å²) in [6.07, 6.45) is 1.15. The van der Waals surface area contributed by atoms with Crippen LogP contribution in [0.4, 0.5) is 5.69 Å². The molecular weight excluding hydrogens is 330 g/mol. The van der Waals surface area contributed by atoms with E-state index in [2.05, 4.69) is 16.3 Å². The fourth-order valence-corrected chi connectivity index (χ4v) is 2.89. The van der Waals surface area contributed by atoms with Crippen LogP contribution in [0.15, 0.2) is 24.3 Å². The van der Waals surface area contributed by atoms with Crippen molar-refractivity contribution in [3.63, 3.8) is 0 Å². The molecule has 1 N–H and O–H groups in total. The van der Waals surface area contributed by atoms with E-state index < -0.39 is 0 Å². The van der Waals surface area contributed by atoms with Crippen molar-refractivity contribution in [2.75, 3.05) is 44.7 Å². The highest BCUT2D eigenvalue weighted by Crippen LogP contribution is 2.22. The number of hydrogen-bond donors (Lipinski definition) is 1. The highest BCUT2D eigenvalue weighted by atomic mass is 16.5. The van der Waals surface area contributed by atoms with E-state index in [0.29, 0.717) is 19.4 Å². The highest BCUT2D eigenvalue weighted by Gasteiger charge is 2.22. The summed E-state index contributed by atoms with van der Waals surface area (Å²) < 4.78 is 5.28. The molecule has 0 spiro atoms. The minimum atomic E-state index is -0.388. The number of hydrogen-bond acceptors (Lipinski definition) is 4. The Bertz CT molecular complexity index is 617. The molecule has 0 unspecified atom stereocenters. The minimum absolute atomic E-state index is 0.0249. The summed E-state index contributed by atoms with van der Waals surface area (Å²) in [5.74, 6) is 1.04. The number of nitrogens with one attached hydrogen (secondary N) is 1. The van der Waals surface area contributed by atoms with E-state index in [-0.39, 0.29) is 17.2 Å². The van der Waals surface area contributed by atoms with E-state index in [1.165, 1.54) is 0 Å². The standard InChI is InChI=1S/C20H31N3O3/c1-20(2,3)19(25)21-10-6-9-18(24)23-13-11-22(12-14-23)16-7-5-8-17(15-16)26-4/h5,7-8,15H,6,9-14H2,1-4H3,(H,21,25). The van der Waals surface area contributed by atoms with Gasteiger partial charge in [-0.25, -0.2) is 0 Å². The third kappa shape index (κ3) is 5.64. The van der Waals surface area contributed by atoms with Crippen molar-refractivity contribution >= 4 is 17.5 Å². The van der Waals surface area contributed by atoms with Gasteiger partial charge in [0, 0.05) is 56.3 Å². The quantitative estimate of drug-likeness (QED) is 0.790. The van der Waals surface area contributed by atoms with Crippen molar-refractivity contribution in [3.05, 3.63) is 24.3 Å². The van der Waals surface area contributed by atoms with E-state index >= 15 is 0 Å². The van der Waals surface area contributed by atoms with Crippen molar-refractivity contribution in [3.8, 4) is 5.75 Å². The molecule has 0 aliphatic carbocycles. The molecule has 0 bridgehead atoms. The summed E-state index contributed by atoms with van der Waals surface area (Å²) in [6.45, 7) is 9.29. The van der Waals surface area contributed by atoms with Crippen molar-refractivity contribution in [1.82, 2.24) is 10.2 Å². The fourth-order valence-electron chi connectivity index (χ4n) is 2.89. The third-order valence-corrected chi connectivity index (χ3v) is 4.59. The van der Waals surface area contributed by atoms with E-state index in [1.54, 1.807) is 7.11 Å². The number of benzene rings is 1. The predicted octanol–water partition coefficient (Wildman–Crippen LogP) is 2.29. The van der Waals surface area contributed by atoms with Gasteiger partial charge in [0.15, 0.2) is 0 Å². The molecule has 1 aliphatic rings.